The molecule has 0 radical (unpaired) electrons. The minimum atomic E-state index is 0.564. The first-order chi connectivity index (χ1) is 11.4. The monoisotopic (exact) mass is 301 g/mol. The number of furan rings is 1. The highest BCUT2D eigenvalue weighted by Crippen LogP contribution is 2.39. The van der Waals surface area contributed by atoms with Gasteiger partial charge in [-0.15, -0.1) is 0 Å². The Hall–Kier alpha value is -3.07. The van der Waals surface area contributed by atoms with Gasteiger partial charge in [0.05, 0.1) is 16.4 Å². The molecule has 110 valence electrons. The Bertz CT molecular complexity index is 1230. The summed E-state index contributed by atoms with van der Waals surface area (Å²) in [5.41, 5.74) is 3.62. The van der Waals surface area contributed by atoms with Gasteiger partial charge in [-0.25, -0.2) is 4.39 Å². The van der Waals surface area contributed by atoms with Crippen LogP contribution in [-0.2, 0) is 0 Å². The quantitative estimate of drug-likeness (QED) is 0.366. The predicted molar refractivity (Wildman–Crippen MR) is 93.2 cm³/mol. The Morgan fingerprint density at radius 3 is 2.43 bits per heavy atom. The molecule has 0 spiro atoms. The van der Waals surface area contributed by atoms with Crippen LogP contribution < -0.4 is 0 Å². The standard InChI is InChI=1S/C20H12FNO/c21-11-12-22-16-7-3-1-6-15(16)19-17(22)10-9-14-13-5-2-4-8-18(13)23-20(14)19/h1-12H/b12-11-. The van der Waals surface area contributed by atoms with E-state index in [0.717, 1.165) is 43.7 Å². The van der Waals surface area contributed by atoms with Crippen molar-refractivity contribution in [2.75, 3.05) is 0 Å². The second-order valence-electron chi connectivity index (χ2n) is 5.60. The molecule has 5 aromatic rings. The van der Waals surface area contributed by atoms with Crippen LogP contribution in [0.1, 0.15) is 0 Å². The fourth-order valence-electron chi connectivity index (χ4n) is 3.48. The number of hydrogen-bond donors (Lipinski definition) is 0. The summed E-state index contributed by atoms with van der Waals surface area (Å²) in [6, 6.07) is 20.1. The Kier molecular flexibility index (Phi) is 2.42. The minimum absolute atomic E-state index is 0.564. The van der Waals surface area contributed by atoms with E-state index in [4.69, 9.17) is 4.42 Å². The van der Waals surface area contributed by atoms with E-state index >= 15 is 0 Å². The van der Waals surface area contributed by atoms with Crippen LogP contribution in [0, 0.1) is 0 Å². The van der Waals surface area contributed by atoms with E-state index < -0.39 is 0 Å². The summed E-state index contributed by atoms with van der Waals surface area (Å²) >= 11 is 0. The van der Waals surface area contributed by atoms with E-state index in [1.165, 1.54) is 6.20 Å². The van der Waals surface area contributed by atoms with E-state index in [2.05, 4.69) is 6.07 Å². The molecule has 0 aliphatic heterocycles. The van der Waals surface area contributed by atoms with Crippen molar-refractivity contribution in [3.63, 3.8) is 0 Å². The Morgan fingerprint density at radius 2 is 1.57 bits per heavy atom. The van der Waals surface area contributed by atoms with E-state index in [1.54, 1.807) is 0 Å². The molecular weight excluding hydrogens is 289 g/mol. The molecule has 2 nitrogen and oxygen atoms in total. The summed E-state index contributed by atoms with van der Waals surface area (Å²) in [5, 5.41) is 4.26. The van der Waals surface area contributed by atoms with Crippen LogP contribution in [0.5, 0.6) is 0 Å². The molecule has 0 unspecified atom stereocenters. The van der Waals surface area contributed by atoms with Crippen molar-refractivity contribution in [3.05, 3.63) is 67.0 Å². The number of halogens is 1. The molecule has 2 aromatic heterocycles. The van der Waals surface area contributed by atoms with Gasteiger partial charge in [0, 0.05) is 22.4 Å². The van der Waals surface area contributed by atoms with Crippen molar-refractivity contribution in [1.29, 1.82) is 0 Å². The second-order valence-corrected chi connectivity index (χ2v) is 5.60. The highest BCUT2D eigenvalue weighted by atomic mass is 19.1. The van der Waals surface area contributed by atoms with Gasteiger partial charge in [-0.3, -0.25) is 0 Å². The summed E-state index contributed by atoms with van der Waals surface area (Å²) in [6.07, 6.45) is 2.01. The summed E-state index contributed by atoms with van der Waals surface area (Å²) in [6.45, 7) is 0. The molecule has 0 amide bonds. The smallest absolute Gasteiger partial charge is 0.145 e. The lowest BCUT2D eigenvalue weighted by Gasteiger charge is -1.98. The van der Waals surface area contributed by atoms with Crippen LogP contribution in [0.3, 0.4) is 0 Å². The maximum absolute atomic E-state index is 12.9. The average Bonchev–Trinajstić information content (AvgIpc) is 3.12. The number of nitrogens with zero attached hydrogens (tertiary/aromatic N) is 1. The zero-order chi connectivity index (χ0) is 15.4. The van der Waals surface area contributed by atoms with Crippen molar-refractivity contribution < 1.29 is 8.81 Å². The first-order valence-electron chi connectivity index (χ1n) is 7.48. The third-order valence-electron chi connectivity index (χ3n) is 4.42. The van der Waals surface area contributed by atoms with Gasteiger partial charge in [0.25, 0.3) is 0 Å². The SMILES string of the molecule is F/C=C\n1c2ccccc2c2c3oc4ccccc4c3ccc21. The molecule has 0 atom stereocenters. The van der Waals surface area contributed by atoms with E-state index in [9.17, 15) is 4.39 Å². The lowest BCUT2D eigenvalue weighted by atomic mass is 10.1. The summed E-state index contributed by atoms with van der Waals surface area (Å²) in [5.74, 6) is 0. The molecule has 0 saturated heterocycles. The number of benzene rings is 3. The fraction of sp³-hybridized carbons (Fsp3) is 0. The number of fused-ring (bicyclic) bond motifs is 7. The highest BCUT2D eigenvalue weighted by Gasteiger charge is 2.16. The third-order valence-corrected chi connectivity index (χ3v) is 4.42. The molecule has 3 aromatic carbocycles. The van der Waals surface area contributed by atoms with Gasteiger partial charge in [-0.1, -0.05) is 36.4 Å². The van der Waals surface area contributed by atoms with E-state index in [1.807, 2.05) is 59.2 Å². The summed E-state index contributed by atoms with van der Waals surface area (Å²) < 4.78 is 20.9. The molecule has 0 fully saturated rings. The fourth-order valence-corrected chi connectivity index (χ4v) is 3.48. The van der Waals surface area contributed by atoms with Crippen molar-refractivity contribution in [2.45, 2.75) is 0 Å². The van der Waals surface area contributed by atoms with Gasteiger partial charge in [0.2, 0.25) is 0 Å². The minimum Gasteiger partial charge on any atom is -0.455 e. The Labute approximate surface area is 131 Å². The molecule has 0 bridgehead atoms. The van der Waals surface area contributed by atoms with Crippen LogP contribution in [0.25, 0.3) is 49.9 Å². The number of aromatic nitrogens is 1. The number of rotatable bonds is 1. The molecule has 5 rings (SSSR count). The maximum atomic E-state index is 12.9. The van der Waals surface area contributed by atoms with Crippen LogP contribution in [0.2, 0.25) is 0 Å². The van der Waals surface area contributed by atoms with Crippen molar-refractivity contribution in [1.82, 2.24) is 4.57 Å². The normalized spacial score (nSPS) is 12.4. The topological polar surface area (TPSA) is 18.1 Å². The highest BCUT2D eigenvalue weighted by molar-refractivity contribution is 6.23. The zero-order valence-corrected chi connectivity index (χ0v) is 12.2. The first kappa shape index (κ1) is 12.5. The van der Waals surface area contributed by atoms with Crippen LogP contribution in [-0.4, -0.2) is 4.57 Å². The van der Waals surface area contributed by atoms with E-state index in [-0.39, 0.29) is 0 Å². The van der Waals surface area contributed by atoms with Gasteiger partial charge in [0.15, 0.2) is 0 Å². The van der Waals surface area contributed by atoms with Gasteiger partial charge < -0.3 is 8.98 Å². The number of hydrogen-bond acceptors (Lipinski definition) is 1. The van der Waals surface area contributed by atoms with Gasteiger partial charge in [-0.2, -0.15) is 0 Å². The van der Waals surface area contributed by atoms with Crippen LogP contribution >= 0.6 is 0 Å². The zero-order valence-electron chi connectivity index (χ0n) is 12.2. The second kappa shape index (κ2) is 4.46. The molecule has 3 heteroatoms. The molecular formula is C20H12FNO. The van der Waals surface area contributed by atoms with Crippen LogP contribution in [0.15, 0.2) is 71.4 Å². The number of para-hydroxylation sites is 2. The van der Waals surface area contributed by atoms with Gasteiger partial charge in [0.1, 0.15) is 17.5 Å². The maximum Gasteiger partial charge on any atom is 0.145 e. The van der Waals surface area contributed by atoms with Crippen molar-refractivity contribution in [3.8, 4) is 0 Å². The molecule has 2 heterocycles. The van der Waals surface area contributed by atoms with E-state index in [0.29, 0.717) is 6.33 Å². The summed E-state index contributed by atoms with van der Waals surface area (Å²) in [7, 11) is 0. The van der Waals surface area contributed by atoms with Crippen molar-refractivity contribution in [2.24, 2.45) is 0 Å². The molecule has 0 saturated carbocycles. The molecule has 0 aliphatic carbocycles. The first-order valence-corrected chi connectivity index (χ1v) is 7.48. The molecule has 0 N–H and O–H groups in total. The van der Waals surface area contributed by atoms with Gasteiger partial charge >= 0.3 is 0 Å². The predicted octanol–water partition coefficient (Wildman–Crippen LogP) is 6.09. The lowest BCUT2D eigenvalue weighted by molar-refractivity contribution is 0.673. The largest absolute Gasteiger partial charge is 0.455 e. The molecule has 0 aliphatic rings. The third kappa shape index (κ3) is 1.56. The lowest BCUT2D eigenvalue weighted by Crippen LogP contribution is -1.84. The van der Waals surface area contributed by atoms with Gasteiger partial charge in [-0.05, 0) is 24.3 Å². The van der Waals surface area contributed by atoms with Crippen LogP contribution in [0.4, 0.5) is 4.39 Å². The Balaban J connectivity index is 2.11. The van der Waals surface area contributed by atoms with Crippen molar-refractivity contribution >= 4 is 49.9 Å². The Morgan fingerprint density at radius 1 is 0.783 bits per heavy atom. The molecule has 23 heavy (non-hydrogen) atoms. The summed E-state index contributed by atoms with van der Waals surface area (Å²) in [4.78, 5) is 0. The average molecular weight is 301 g/mol.